The van der Waals surface area contributed by atoms with Crippen molar-refractivity contribution in [3.05, 3.63) is 54.1 Å². The Balaban J connectivity index is 2.26. The second-order valence-corrected chi connectivity index (χ2v) is 3.52. The Labute approximate surface area is 100 Å². The highest BCUT2D eigenvalue weighted by Crippen LogP contribution is 2.30. The van der Waals surface area contributed by atoms with E-state index in [-0.39, 0.29) is 5.75 Å². The van der Waals surface area contributed by atoms with Crippen molar-refractivity contribution in [2.45, 2.75) is 0 Å². The van der Waals surface area contributed by atoms with Crippen LogP contribution in [-0.4, -0.2) is 18.4 Å². The highest BCUT2D eigenvalue weighted by molar-refractivity contribution is 5.82. The molecule has 0 amide bonds. The van der Waals surface area contributed by atoms with Gasteiger partial charge in [-0.2, -0.15) is 0 Å². The molecule has 2 rings (SSSR count). The van der Waals surface area contributed by atoms with E-state index in [2.05, 4.69) is 4.99 Å². The minimum absolute atomic E-state index is 0.137. The summed E-state index contributed by atoms with van der Waals surface area (Å²) in [7, 11) is 1.58. The van der Waals surface area contributed by atoms with Crippen LogP contribution in [0.3, 0.4) is 0 Å². The van der Waals surface area contributed by atoms with Crippen molar-refractivity contribution in [3.8, 4) is 11.5 Å². The zero-order valence-electron chi connectivity index (χ0n) is 9.50. The van der Waals surface area contributed by atoms with Crippen molar-refractivity contribution in [3.63, 3.8) is 0 Å². The molecule has 0 aliphatic heterocycles. The third kappa shape index (κ3) is 2.84. The van der Waals surface area contributed by atoms with Gasteiger partial charge in [-0.15, -0.1) is 0 Å². The minimum Gasteiger partial charge on any atom is -0.506 e. The van der Waals surface area contributed by atoms with Crippen LogP contribution in [0.1, 0.15) is 5.56 Å². The molecule has 1 N–H and O–H groups in total. The minimum atomic E-state index is 0.137. The van der Waals surface area contributed by atoms with Crippen molar-refractivity contribution in [2.75, 3.05) is 7.11 Å². The summed E-state index contributed by atoms with van der Waals surface area (Å²) in [6.45, 7) is 0. The molecule has 3 nitrogen and oxygen atoms in total. The Bertz CT molecular complexity index is 521. The SMILES string of the molecule is COc1ccc(O)c(N=Cc2ccccc2)c1. The van der Waals surface area contributed by atoms with Gasteiger partial charge in [-0.05, 0) is 17.7 Å². The molecular weight excluding hydrogens is 214 g/mol. The molecular formula is C14H13NO2. The maximum Gasteiger partial charge on any atom is 0.141 e. The first-order valence-corrected chi connectivity index (χ1v) is 5.26. The van der Waals surface area contributed by atoms with Gasteiger partial charge in [0.1, 0.15) is 17.2 Å². The second kappa shape index (κ2) is 5.16. The Hall–Kier alpha value is -2.29. The average molecular weight is 227 g/mol. The van der Waals surface area contributed by atoms with Crippen molar-refractivity contribution < 1.29 is 9.84 Å². The fourth-order valence-corrected chi connectivity index (χ4v) is 1.42. The van der Waals surface area contributed by atoms with Gasteiger partial charge in [0.25, 0.3) is 0 Å². The van der Waals surface area contributed by atoms with Crippen LogP contribution >= 0.6 is 0 Å². The van der Waals surface area contributed by atoms with Gasteiger partial charge in [-0.3, -0.25) is 4.99 Å². The number of methoxy groups -OCH3 is 1. The number of ether oxygens (including phenoxy) is 1. The van der Waals surface area contributed by atoms with Gasteiger partial charge in [-0.25, -0.2) is 0 Å². The van der Waals surface area contributed by atoms with Crippen LogP contribution in [0.25, 0.3) is 0 Å². The third-order valence-electron chi connectivity index (χ3n) is 2.33. The van der Waals surface area contributed by atoms with E-state index in [4.69, 9.17) is 4.74 Å². The summed E-state index contributed by atoms with van der Waals surface area (Å²) in [4.78, 5) is 4.23. The molecule has 0 aliphatic carbocycles. The van der Waals surface area contributed by atoms with Crippen LogP contribution in [0.5, 0.6) is 11.5 Å². The van der Waals surface area contributed by atoms with Crippen LogP contribution in [0, 0.1) is 0 Å². The lowest BCUT2D eigenvalue weighted by molar-refractivity contribution is 0.412. The number of aliphatic imine (C=N–C) groups is 1. The molecule has 0 saturated carbocycles. The fraction of sp³-hybridized carbons (Fsp3) is 0.0714. The molecule has 0 heterocycles. The molecule has 0 aromatic heterocycles. The largest absolute Gasteiger partial charge is 0.506 e. The number of nitrogens with zero attached hydrogens (tertiary/aromatic N) is 1. The van der Waals surface area contributed by atoms with E-state index in [0.29, 0.717) is 11.4 Å². The number of phenolic OH excluding ortho intramolecular Hbond substituents is 1. The van der Waals surface area contributed by atoms with Crippen molar-refractivity contribution in [1.82, 2.24) is 0 Å². The number of phenols is 1. The molecule has 3 heteroatoms. The lowest BCUT2D eigenvalue weighted by Crippen LogP contribution is -1.82. The molecule has 0 spiro atoms. The maximum atomic E-state index is 9.64. The quantitative estimate of drug-likeness (QED) is 0.818. The summed E-state index contributed by atoms with van der Waals surface area (Å²) in [5.41, 5.74) is 1.47. The molecule has 0 unspecified atom stereocenters. The van der Waals surface area contributed by atoms with Gasteiger partial charge < -0.3 is 9.84 Å². The zero-order valence-corrected chi connectivity index (χ0v) is 9.50. The number of hydrogen-bond donors (Lipinski definition) is 1. The first-order chi connectivity index (χ1) is 8.29. The predicted molar refractivity (Wildman–Crippen MR) is 68.4 cm³/mol. The Morgan fingerprint density at radius 3 is 2.59 bits per heavy atom. The monoisotopic (exact) mass is 227 g/mol. The normalized spacial score (nSPS) is 10.6. The average Bonchev–Trinajstić information content (AvgIpc) is 2.39. The van der Waals surface area contributed by atoms with Gasteiger partial charge in [0.15, 0.2) is 0 Å². The molecule has 2 aromatic rings. The molecule has 0 radical (unpaired) electrons. The summed E-state index contributed by atoms with van der Waals surface area (Å²) >= 11 is 0. The smallest absolute Gasteiger partial charge is 0.141 e. The number of rotatable bonds is 3. The predicted octanol–water partition coefficient (Wildman–Crippen LogP) is 3.15. The summed E-state index contributed by atoms with van der Waals surface area (Å²) in [6.07, 6.45) is 1.70. The van der Waals surface area contributed by atoms with Crippen molar-refractivity contribution in [2.24, 2.45) is 4.99 Å². The van der Waals surface area contributed by atoms with Crippen LogP contribution < -0.4 is 4.74 Å². The number of benzene rings is 2. The molecule has 2 aromatic carbocycles. The molecule has 0 aliphatic rings. The van der Waals surface area contributed by atoms with E-state index in [9.17, 15) is 5.11 Å². The van der Waals surface area contributed by atoms with E-state index in [0.717, 1.165) is 5.56 Å². The highest BCUT2D eigenvalue weighted by Gasteiger charge is 2.00. The van der Waals surface area contributed by atoms with Gasteiger partial charge >= 0.3 is 0 Å². The van der Waals surface area contributed by atoms with Crippen molar-refractivity contribution in [1.29, 1.82) is 0 Å². The first kappa shape index (κ1) is 11.2. The number of hydrogen-bond acceptors (Lipinski definition) is 3. The van der Waals surface area contributed by atoms with Gasteiger partial charge in [-0.1, -0.05) is 30.3 Å². The third-order valence-corrected chi connectivity index (χ3v) is 2.33. The first-order valence-electron chi connectivity index (χ1n) is 5.26. The summed E-state index contributed by atoms with van der Waals surface area (Å²) in [6, 6.07) is 14.7. The van der Waals surface area contributed by atoms with E-state index < -0.39 is 0 Å². The van der Waals surface area contributed by atoms with E-state index >= 15 is 0 Å². The summed E-state index contributed by atoms with van der Waals surface area (Å²) in [5.74, 6) is 0.806. The Kier molecular flexibility index (Phi) is 3.40. The van der Waals surface area contributed by atoms with Gasteiger partial charge in [0, 0.05) is 12.3 Å². The van der Waals surface area contributed by atoms with Crippen molar-refractivity contribution >= 4 is 11.9 Å². The maximum absolute atomic E-state index is 9.64. The molecule has 0 atom stereocenters. The second-order valence-electron chi connectivity index (χ2n) is 3.52. The molecule has 17 heavy (non-hydrogen) atoms. The highest BCUT2D eigenvalue weighted by atomic mass is 16.5. The zero-order chi connectivity index (χ0) is 12.1. The van der Waals surface area contributed by atoms with Crippen LogP contribution in [-0.2, 0) is 0 Å². The van der Waals surface area contributed by atoms with Gasteiger partial charge in [0.2, 0.25) is 0 Å². The number of aromatic hydroxyl groups is 1. The van der Waals surface area contributed by atoms with E-state index in [1.807, 2.05) is 30.3 Å². The molecule has 86 valence electrons. The van der Waals surface area contributed by atoms with Crippen LogP contribution in [0.2, 0.25) is 0 Å². The van der Waals surface area contributed by atoms with E-state index in [1.165, 1.54) is 0 Å². The summed E-state index contributed by atoms with van der Waals surface area (Å²) < 4.78 is 5.08. The molecule has 0 saturated heterocycles. The topological polar surface area (TPSA) is 41.8 Å². The standard InChI is InChI=1S/C14H13NO2/c1-17-12-7-8-14(16)13(9-12)15-10-11-5-3-2-4-6-11/h2-10,16H,1H3. The Morgan fingerprint density at radius 1 is 1.12 bits per heavy atom. The van der Waals surface area contributed by atoms with Gasteiger partial charge in [0.05, 0.1) is 7.11 Å². The fourth-order valence-electron chi connectivity index (χ4n) is 1.42. The van der Waals surface area contributed by atoms with E-state index in [1.54, 1.807) is 31.5 Å². The Morgan fingerprint density at radius 2 is 1.88 bits per heavy atom. The summed E-state index contributed by atoms with van der Waals surface area (Å²) in [5, 5.41) is 9.64. The van der Waals surface area contributed by atoms with Crippen LogP contribution in [0.4, 0.5) is 5.69 Å². The lowest BCUT2D eigenvalue weighted by Gasteiger charge is -2.02. The molecule has 0 fully saturated rings. The lowest BCUT2D eigenvalue weighted by atomic mass is 10.2. The van der Waals surface area contributed by atoms with Crippen LogP contribution in [0.15, 0.2) is 53.5 Å². The molecule has 0 bridgehead atoms.